The summed E-state index contributed by atoms with van der Waals surface area (Å²) in [6.07, 6.45) is 0. The van der Waals surface area contributed by atoms with Gasteiger partial charge in [0.25, 0.3) is 0 Å². The molecule has 4 heteroatoms. The second-order valence-electron chi connectivity index (χ2n) is 4.98. The van der Waals surface area contributed by atoms with Crippen molar-refractivity contribution in [2.24, 2.45) is 4.99 Å². The molecule has 0 saturated carbocycles. The van der Waals surface area contributed by atoms with Gasteiger partial charge >= 0.3 is 0 Å². The third-order valence-corrected chi connectivity index (χ3v) is 3.31. The topological polar surface area (TPSA) is 49.3 Å². The Hall–Kier alpha value is -2.36. The zero-order valence-corrected chi connectivity index (χ0v) is 12.9. The smallest absolute Gasteiger partial charge is 0.191 e. The van der Waals surface area contributed by atoms with E-state index < -0.39 is 0 Å². The minimum absolute atomic E-state index is 0.662. The number of pyridine rings is 1. The first-order valence-corrected chi connectivity index (χ1v) is 7.10. The standard InChI is InChI=1S/C17H22N4/c1-13-7-4-5-9-15(13)11-19-17(18-3)20-12-16-10-6-8-14(2)21-16/h4-10H,11-12H2,1-3H3,(H2,18,19,20). The van der Waals surface area contributed by atoms with Crippen LogP contribution in [0.3, 0.4) is 0 Å². The maximum Gasteiger partial charge on any atom is 0.191 e. The zero-order valence-electron chi connectivity index (χ0n) is 12.9. The fraction of sp³-hybridized carbons (Fsp3) is 0.294. The van der Waals surface area contributed by atoms with Crippen molar-refractivity contribution in [2.45, 2.75) is 26.9 Å². The molecular formula is C17H22N4. The molecule has 0 radical (unpaired) electrons. The van der Waals surface area contributed by atoms with Crippen molar-refractivity contribution in [3.8, 4) is 0 Å². The van der Waals surface area contributed by atoms with E-state index in [0.717, 1.165) is 23.9 Å². The summed E-state index contributed by atoms with van der Waals surface area (Å²) in [6, 6.07) is 14.4. The van der Waals surface area contributed by atoms with Gasteiger partial charge in [0.1, 0.15) is 0 Å². The monoisotopic (exact) mass is 282 g/mol. The van der Waals surface area contributed by atoms with Gasteiger partial charge in [0.2, 0.25) is 0 Å². The van der Waals surface area contributed by atoms with Crippen molar-refractivity contribution in [3.63, 3.8) is 0 Å². The maximum absolute atomic E-state index is 4.47. The number of nitrogens with one attached hydrogen (secondary N) is 2. The molecule has 0 saturated heterocycles. The van der Waals surface area contributed by atoms with Gasteiger partial charge in [-0.25, -0.2) is 0 Å². The molecule has 2 rings (SSSR count). The molecule has 0 fully saturated rings. The number of aromatic nitrogens is 1. The molecule has 0 spiro atoms. The lowest BCUT2D eigenvalue weighted by molar-refractivity contribution is 0.789. The van der Waals surface area contributed by atoms with Crippen molar-refractivity contribution < 1.29 is 0 Å². The minimum Gasteiger partial charge on any atom is -0.352 e. The molecule has 1 aromatic heterocycles. The largest absolute Gasteiger partial charge is 0.352 e. The van der Waals surface area contributed by atoms with Gasteiger partial charge in [-0.15, -0.1) is 0 Å². The second-order valence-corrected chi connectivity index (χ2v) is 4.98. The Balaban J connectivity index is 1.88. The molecule has 0 aliphatic heterocycles. The predicted octanol–water partition coefficient (Wildman–Crippen LogP) is 2.56. The van der Waals surface area contributed by atoms with Crippen molar-refractivity contribution in [2.75, 3.05) is 7.05 Å². The molecule has 0 bridgehead atoms. The number of hydrogen-bond donors (Lipinski definition) is 2. The zero-order chi connectivity index (χ0) is 15.1. The van der Waals surface area contributed by atoms with E-state index >= 15 is 0 Å². The van der Waals surface area contributed by atoms with E-state index in [0.29, 0.717) is 6.54 Å². The molecule has 0 aliphatic carbocycles. The highest BCUT2D eigenvalue weighted by molar-refractivity contribution is 5.79. The van der Waals surface area contributed by atoms with E-state index in [1.807, 2.05) is 25.1 Å². The van der Waals surface area contributed by atoms with Crippen LogP contribution in [-0.2, 0) is 13.1 Å². The molecule has 0 atom stereocenters. The average Bonchev–Trinajstić information content (AvgIpc) is 2.49. The van der Waals surface area contributed by atoms with Crippen LogP contribution in [-0.4, -0.2) is 18.0 Å². The van der Waals surface area contributed by atoms with E-state index in [1.165, 1.54) is 11.1 Å². The summed E-state index contributed by atoms with van der Waals surface area (Å²) >= 11 is 0. The summed E-state index contributed by atoms with van der Waals surface area (Å²) in [7, 11) is 1.77. The van der Waals surface area contributed by atoms with Crippen molar-refractivity contribution in [1.29, 1.82) is 0 Å². The van der Waals surface area contributed by atoms with Gasteiger partial charge in [0.15, 0.2) is 5.96 Å². The van der Waals surface area contributed by atoms with Crippen LogP contribution in [0.1, 0.15) is 22.5 Å². The quantitative estimate of drug-likeness (QED) is 0.669. The summed E-state index contributed by atoms with van der Waals surface area (Å²) in [5.74, 6) is 0.779. The summed E-state index contributed by atoms with van der Waals surface area (Å²) in [4.78, 5) is 8.70. The Morgan fingerprint density at radius 1 is 1.00 bits per heavy atom. The third-order valence-electron chi connectivity index (χ3n) is 3.31. The Kier molecular flexibility index (Phi) is 5.32. The second kappa shape index (κ2) is 7.43. The van der Waals surface area contributed by atoms with Crippen molar-refractivity contribution in [1.82, 2.24) is 15.6 Å². The number of hydrogen-bond acceptors (Lipinski definition) is 2. The summed E-state index contributed by atoms with van der Waals surface area (Å²) in [6.45, 7) is 5.53. The highest BCUT2D eigenvalue weighted by atomic mass is 15.2. The lowest BCUT2D eigenvalue weighted by Crippen LogP contribution is -2.36. The summed E-state index contributed by atoms with van der Waals surface area (Å²) < 4.78 is 0. The molecule has 0 aliphatic rings. The molecule has 110 valence electrons. The summed E-state index contributed by atoms with van der Waals surface area (Å²) in [5, 5.41) is 6.60. The van der Waals surface area contributed by atoms with Crippen LogP contribution in [0.25, 0.3) is 0 Å². The first-order chi connectivity index (χ1) is 10.2. The van der Waals surface area contributed by atoms with E-state index in [1.54, 1.807) is 7.05 Å². The van der Waals surface area contributed by atoms with Crippen LogP contribution >= 0.6 is 0 Å². The van der Waals surface area contributed by atoms with Gasteiger partial charge < -0.3 is 10.6 Å². The van der Waals surface area contributed by atoms with E-state index in [4.69, 9.17) is 0 Å². The van der Waals surface area contributed by atoms with Gasteiger partial charge in [-0.3, -0.25) is 9.98 Å². The predicted molar refractivity (Wildman–Crippen MR) is 87.2 cm³/mol. The minimum atomic E-state index is 0.662. The number of aliphatic imine (C=N–C) groups is 1. The van der Waals surface area contributed by atoms with Gasteiger partial charge in [-0.1, -0.05) is 30.3 Å². The first-order valence-electron chi connectivity index (χ1n) is 7.10. The molecule has 0 amide bonds. The van der Waals surface area contributed by atoms with Gasteiger partial charge in [-0.2, -0.15) is 0 Å². The van der Waals surface area contributed by atoms with Crippen LogP contribution in [0.5, 0.6) is 0 Å². The van der Waals surface area contributed by atoms with Gasteiger partial charge in [0.05, 0.1) is 12.2 Å². The van der Waals surface area contributed by atoms with Crippen LogP contribution in [0, 0.1) is 13.8 Å². The average molecular weight is 282 g/mol. The number of benzene rings is 1. The fourth-order valence-electron chi connectivity index (χ4n) is 2.08. The van der Waals surface area contributed by atoms with E-state index in [9.17, 15) is 0 Å². The number of nitrogens with zero attached hydrogens (tertiary/aromatic N) is 2. The number of guanidine groups is 1. The van der Waals surface area contributed by atoms with Gasteiger partial charge in [0, 0.05) is 19.3 Å². The normalized spacial score (nSPS) is 11.3. The molecular weight excluding hydrogens is 260 g/mol. The molecule has 2 aromatic rings. The first kappa shape index (κ1) is 15.0. The molecule has 1 aromatic carbocycles. The molecule has 21 heavy (non-hydrogen) atoms. The lowest BCUT2D eigenvalue weighted by Gasteiger charge is -2.13. The molecule has 4 nitrogen and oxygen atoms in total. The lowest BCUT2D eigenvalue weighted by atomic mass is 10.1. The van der Waals surface area contributed by atoms with Crippen molar-refractivity contribution in [3.05, 3.63) is 65.0 Å². The third kappa shape index (κ3) is 4.60. The fourth-order valence-corrected chi connectivity index (χ4v) is 2.08. The Morgan fingerprint density at radius 2 is 1.76 bits per heavy atom. The number of rotatable bonds is 4. The van der Waals surface area contributed by atoms with Crippen LogP contribution in [0.4, 0.5) is 0 Å². The Bertz CT molecular complexity index is 620. The number of aryl methyl sites for hydroxylation is 2. The van der Waals surface area contributed by atoms with E-state index in [-0.39, 0.29) is 0 Å². The highest BCUT2D eigenvalue weighted by Crippen LogP contribution is 2.06. The maximum atomic E-state index is 4.47. The molecule has 2 N–H and O–H groups in total. The van der Waals surface area contributed by atoms with Crippen LogP contribution in [0.2, 0.25) is 0 Å². The summed E-state index contributed by atoms with van der Waals surface area (Å²) in [5.41, 5.74) is 4.58. The highest BCUT2D eigenvalue weighted by Gasteiger charge is 2.01. The van der Waals surface area contributed by atoms with Crippen LogP contribution < -0.4 is 10.6 Å². The van der Waals surface area contributed by atoms with Crippen LogP contribution in [0.15, 0.2) is 47.5 Å². The SMILES string of the molecule is CN=C(NCc1cccc(C)n1)NCc1ccccc1C. The van der Waals surface area contributed by atoms with Gasteiger partial charge in [-0.05, 0) is 37.1 Å². The van der Waals surface area contributed by atoms with E-state index in [2.05, 4.69) is 51.8 Å². The Labute approximate surface area is 126 Å². The van der Waals surface area contributed by atoms with Crippen molar-refractivity contribution >= 4 is 5.96 Å². The molecule has 0 unspecified atom stereocenters. The Morgan fingerprint density at radius 3 is 2.48 bits per heavy atom. The molecule has 1 heterocycles.